The lowest BCUT2D eigenvalue weighted by molar-refractivity contribution is -0.384. The summed E-state index contributed by atoms with van der Waals surface area (Å²) in [6.45, 7) is 0. The van der Waals surface area contributed by atoms with Crippen LogP contribution < -0.4 is 5.73 Å². The number of rotatable bonds is 5. The number of benzene rings is 1. The van der Waals surface area contributed by atoms with E-state index in [1.165, 1.54) is 12.1 Å². The molecule has 0 aliphatic carbocycles. The van der Waals surface area contributed by atoms with E-state index in [2.05, 4.69) is 0 Å². The largest absolute Gasteiger partial charge is 0.481 e. The van der Waals surface area contributed by atoms with Crippen LogP contribution in [0.5, 0.6) is 0 Å². The number of carbonyl (C=O) groups is 1. The Balaban J connectivity index is 2.61. The summed E-state index contributed by atoms with van der Waals surface area (Å²) >= 11 is 0. The lowest BCUT2D eigenvalue weighted by Crippen LogP contribution is -2.26. The van der Waals surface area contributed by atoms with E-state index in [9.17, 15) is 14.9 Å². The minimum Gasteiger partial charge on any atom is -0.481 e. The molecule has 3 N–H and O–H groups in total. The van der Waals surface area contributed by atoms with Crippen molar-refractivity contribution in [3.63, 3.8) is 0 Å². The smallest absolute Gasteiger partial charge is 0.304 e. The molecule has 0 radical (unpaired) electrons. The first-order chi connectivity index (χ1) is 7.49. The van der Waals surface area contributed by atoms with Crippen LogP contribution in [0.3, 0.4) is 0 Å². The van der Waals surface area contributed by atoms with Gasteiger partial charge in [0, 0.05) is 18.2 Å². The van der Waals surface area contributed by atoms with Gasteiger partial charge < -0.3 is 10.8 Å². The van der Waals surface area contributed by atoms with Gasteiger partial charge >= 0.3 is 5.97 Å². The van der Waals surface area contributed by atoms with Gasteiger partial charge in [0.15, 0.2) is 0 Å². The molecule has 1 aromatic rings. The minimum absolute atomic E-state index is 0.00977. The Morgan fingerprint density at radius 3 is 2.44 bits per heavy atom. The SMILES string of the molecule is NC(CC(=O)O)Cc1ccc([N+](=O)[O-])cc1. The number of non-ortho nitro benzene ring substituents is 1. The van der Waals surface area contributed by atoms with Crippen LogP contribution in [-0.2, 0) is 11.2 Å². The molecule has 0 fully saturated rings. The van der Waals surface area contributed by atoms with Crippen LogP contribution in [0, 0.1) is 10.1 Å². The van der Waals surface area contributed by atoms with Gasteiger partial charge in [-0.25, -0.2) is 0 Å². The van der Waals surface area contributed by atoms with E-state index in [1.807, 2.05) is 0 Å². The first-order valence-electron chi connectivity index (χ1n) is 4.69. The lowest BCUT2D eigenvalue weighted by atomic mass is 10.0. The molecule has 0 heterocycles. The van der Waals surface area contributed by atoms with Crippen molar-refractivity contribution in [3.05, 3.63) is 39.9 Å². The number of hydrogen-bond donors (Lipinski definition) is 2. The van der Waals surface area contributed by atoms with Crippen molar-refractivity contribution in [2.45, 2.75) is 18.9 Å². The van der Waals surface area contributed by atoms with E-state index >= 15 is 0 Å². The summed E-state index contributed by atoms with van der Waals surface area (Å²) in [6, 6.07) is 5.45. The molecule has 0 spiro atoms. The third-order valence-electron chi connectivity index (χ3n) is 2.08. The zero-order valence-corrected chi connectivity index (χ0v) is 8.50. The van der Waals surface area contributed by atoms with Gasteiger partial charge in [-0.15, -0.1) is 0 Å². The Morgan fingerprint density at radius 2 is 2.00 bits per heavy atom. The second kappa shape index (κ2) is 5.22. The Kier molecular flexibility index (Phi) is 3.96. The Bertz CT molecular complexity index is 388. The van der Waals surface area contributed by atoms with Crippen LogP contribution in [0.15, 0.2) is 24.3 Å². The molecule has 0 amide bonds. The van der Waals surface area contributed by atoms with E-state index in [1.54, 1.807) is 12.1 Å². The van der Waals surface area contributed by atoms with Crippen LogP contribution in [-0.4, -0.2) is 22.0 Å². The number of nitro groups is 1. The Morgan fingerprint density at radius 1 is 1.44 bits per heavy atom. The monoisotopic (exact) mass is 224 g/mol. The van der Waals surface area contributed by atoms with Crippen molar-refractivity contribution in [1.29, 1.82) is 0 Å². The van der Waals surface area contributed by atoms with Crippen LogP contribution in [0.25, 0.3) is 0 Å². The van der Waals surface area contributed by atoms with Gasteiger partial charge in [-0.05, 0) is 12.0 Å². The lowest BCUT2D eigenvalue weighted by Gasteiger charge is -2.08. The molecular formula is C10H12N2O4. The second-order valence-corrected chi connectivity index (χ2v) is 3.49. The molecule has 0 saturated carbocycles. The highest BCUT2D eigenvalue weighted by Gasteiger charge is 2.10. The van der Waals surface area contributed by atoms with Gasteiger partial charge in [-0.2, -0.15) is 0 Å². The third kappa shape index (κ3) is 3.66. The summed E-state index contributed by atoms with van der Waals surface area (Å²) in [6.07, 6.45) is 0.279. The number of nitrogens with zero attached hydrogens (tertiary/aromatic N) is 1. The van der Waals surface area contributed by atoms with Crippen molar-refractivity contribution in [1.82, 2.24) is 0 Å². The topological polar surface area (TPSA) is 106 Å². The fourth-order valence-electron chi connectivity index (χ4n) is 1.35. The quantitative estimate of drug-likeness (QED) is 0.571. The minimum atomic E-state index is -0.950. The third-order valence-corrected chi connectivity index (χ3v) is 2.08. The molecule has 0 aliphatic rings. The summed E-state index contributed by atoms with van der Waals surface area (Å²) in [4.78, 5) is 20.3. The molecule has 1 aromatic carbocycles. The molecule has 6 heteroatoms. The molecule has 0 bridgehead atoms. The van der Waals surface area contributed by atoms with Gasteiger partial charge in [0.05, 0.1) is 11.3 Å². The van der Waals surface area contributed by atoms with Crippen LogP contribution >= 0.6 is 0 Å². The van der Waals surface area contributed by atoms with Crippen LogP contribution in [0.2, 0.25) is 0 Å². The maximum Gasteiger partial charge on any atom is 0.304 e. The van der Waals surface area contributed by atoms with E-state index in [-0.39, 0.29) is 12.1 Å². The van der Waals surface area contributed by atoms with Gasteiger partial charge in [0.25, 0.3) is 5.69 Å². The first kappa shape index (κ1) is 12.1. The van der Waals surface area contributed by atoms with E-state index in [0.717, 1.165) is 5.56 Å². The Hall–Kier alpha value is -1.95. The zero-order chi connectivity index (χ0) is 12.1. The molecule has 16 heavy (non-hydrogen) atoms. The number of carboxylic acids is 1. The Labute approximate surface area is 91.8 Å². The molecular weight excluding hydrogens is 212 g/mol. The summed E-state index contributed by atoms with van der Waals surface area (Å²) in [5, 5.41) is 18.9. The number of aliphatic carboxylic acids is 1. The molecule has 1 rings (SSSR count). The number of hydrogen-bond acceptors (Lipinski definition) is 4. The van der Waals surface area contributed by atoms with E-state index in [4.69, 9.17) is 10.8 Å². The van der Waals surface area contributed by atoms with Gasteiger partial charge in [0.2, 0.25) is 0 Å². The normalized spacial score (nSPS) is 12.1. The average molecular weight is 224 g/mol. The highest BCUT2D eigenvalue weighted by molar-refractivity contribution is 5.67. The molecule has 86 valence electrons. The number of nitro benzene ring substituents is 1. The average Bonchev–Trinajstić information content (AvgIpc) is 2.16. The molecule has 0 saturated heterocycles. The van der Waals surface area contributed by atoms with Crippen molar-refractivity contribution in [3.8, 4) is 0 Å². The van der Waals surface area contributed by atoms with E-state index < -0.39 is 16.9 Å². The predicted octanol–water partition coefficient (Wildman–Crippen LogP) is 0.939. The van der Waals surface area contributed by atoms with Gasteiger partial charge in [0.1, 0.15) is 0 Å². The van der Waals surface area contributed by atoms with Gasteiger partial charge in [-0.1, -0.05) is 12.1 Å². The fraction of sp³-hybridized carbons (Fsp3) is 0.300. The summed E-state index contributed by atoms with van der Waals surface area (Å²) in [5.41, 5.74) is 6.39. The summed E-state index contributed by atoms with van der Waals surface area (Å²) in [5.74, 6) is -0.950. The molecule has 0 aromatic heterocycles. The zero-order valence-electron chi connectivity index (χ0n) is 8.50. The molecule has 1 atom stereocenters. The van der Waals surface area contributed by atoms with Crippen molar-refractivity contribution >= 4 is 11.7 Å². The molecule has 0 aliphatic heterocycles. The van der Waals surface area contributed by atoms with Crippen LogP contribution in [0.1, 0.15) is 12.0 Å². The van der Waals surface area contributed by atoms with Crippen molar-refractivity contribution in [2.24, 2.45) is 5.73 Å². The highest BCUT2D eigenvalue weighted by Crippen LogP contribution is 2.13. The standard InChI is InChI=1S/C10H12N2O4/c11-8(6-10(13)14)5-7-1-3-9(4-2-7)12(15)16/h1-4,8H,5-6,11H2,(H,13,14). The number of carboxylic acid groups (broad SMARTS) is 1. The van der Waals surface area contributed by atoms with Crippen molar-refractivity contribution < 1.29 is 14.8 Å². The molecule has 6 nitrogen and oxygen atoms in total. The van der Waals surface area contributed by atoms with Crippen molar-refractivity contribution in [2.75, 3.05) is 0 Å². The maximum absolute atomic E-state index is 10.4. The highest BCUT2D eigenvalue weighted by atomic mass is 16.6. The summed E-state index contributed by atoms with van der Waals surface area (Å²) < 4.78 is 0. The number of nitrogens with two attached hydrogens (primary N) is 1. The van der Waals surface area contributed by atoms with E-state index in [0.29, 0.717) is 6.42 Å². The summed E-state index contributed by atoms with van der Waals surface area (Å²) in [7, 11) is 0. The fourth-order valence-corrected chi connectivity index (χ4v) is 1.35. The predicted molar refractivity (Wildman–Crippen MR) is 57.0 cm³/mol. The molecule has 1 unspecified atom stereocenters. The van der Waals surface area contributed by atoms with Gasteiger partial charge in [-0.3, -0.25) is 14.9 Å². The maximum atomic E-state index is 10.4. The van der Waals surface area contributed by atoms with Crippen LogP contribution in [0.4, 0.5) is 5.69 Å². The second-order valence-electron chi connectivity index (χ2n) is 3.49. The first-order valence-corrected chi connectivity index (χ1v) is 4.69.